The van der Waals surface area contributed by atoms with E-state index in [1.165, 1.54) is 38.5 Å². The minimum absolute atomic E-state index is 0.0922. The van der Waals surface area contributed by atoms with Crippen molar-refractivity contribution in [3.63, 3.8) is 0 Å². The second-order valence-corrected chi connectivity index (χ2v) is 15.6. The fourth-order valence-corrected chi connectivity index (χ4v) is 6.16. The number of amides is 4. The molecule has 0 atom stereocenters. The van der Waals surface area contributed by atoms with Gasteiger partial charge in [-0.3, -0.25) is 19.2 Å². The van der Waals surface area contributed by atoms with Crippen molar-refractivity contribution in [1.82, 2.24) is 21.3 Å². The van der Waals surface area contributed by atoms with Crippen LogP contribution in [0.15, 0.2) is 15.3 Å². The van der Waals surface area contributed by atoms with Gasteiger partial charge in [0.1, 0.15) is 0 Å². The Bertz CT molecular complexity index is 1110. The van der Waals surface area contributed by atoms with E-state index in [9.17, 15) is 19.2 Å². The van der Waals surface area contributed by atoms with Gasteiger partial charge in [-0.1, -0.05) is 87.5 Å². The van der Waals surface area contributed by atoms with Crippen LogP contribution in [0.25, 0.3) is 31.3 Å². The molecule has 17 nitrogen and oxygen atoms in total. The Kier molecular flexibility index (Phi) is 31.7. The molecule has 55 heavy (non-hydrogen) atoms. The predicted octanol–water partition coefficient (Wildman–Crippen LogP) is 9.14. The Morgan fingerprint density at radius 2 is 0.782 bits per heavy atom. The average molecular weight is 774 g/mol. The van der Waals surface area contributed by atoms with Gasteiger partial charge in [-0.2, -0.15) is 0 Å². The Morgan fingerprint density at radius 1 is 0.436 bits per heavy atom. The molecule has 17 heteroatoms. The average Bonchev–Trinajstić information content (AvgIpc) is 3.15. The van der Waals surface area contributed by atoms with Crippen molar-refractivity contribution in [3.8, 4) is 0 Å². The van der Waals surface area contributed by atoms with E-state index in [-0.39, 0.29) is 62.2 Å². The topological polar surface area (TPSA) is 263 Å². The van der Waals surface area contributed by atoms with E-state index < -0.39 is 5.54 Å². The zero-order chi connectivity index (χ0) is 40.9. The fraction of sp³-hybridized carbons (Fsp3) is 0.895. The third-order valence-electron chi connectivity index (χ3n) is 9.44. The lowest BCUT2D eigenvalue weighted by Crippen LogP contribution is -2.50. The van der Waals surface area contributed by atoms with Crippen LogP contribution in [0.3, 0.4) is 0 Å². The fourth-order valence-electron chi connectivity index (χ4n) is 6.16. The van der Waals surface area contributed by atoms with Crippen molar-refractivity contribution >= 4 is 23.6 Å². The molecule has 0 spiro atoms. The number of azide groups is 3. The normalized spacial score (nSPS) is 11.9. The summed E-state index contributed by atoms with van der Waals surface area (Å²) < 4.78 is 0. The highest BCUT2D eigenvalue weighted by Crippen LogP contribution is 2.27. The summed E-state index contributed by atoms with van der Waals surface area (Å²) in [6, 6.07) is 0. The number of nitrogens with one attached hydrogen (secondary N) is 4. The zero-order valence-electron chi connectivity index (χ0n) is 34.2. The first-order valence-electron chi connectivity index (χ1n) is 20.6. The highest BCUT2D eigenvalue weighted by molar-refractivity contribution is 5.80. The number of nitrogens with zero attached hydrogens (tertiary/aromatic N) is 9. The van der Waals surface area contributed by atoms with Crippen molar-refractivity contribution < 1.29 is 19.2 Å². The number of hydrogen-bond acceptors (Lipinski definition) is 7. The van der Waals surface area contributed by atoms with Gasteiger partial charge in [0, 0.05) is 85.2 Å². The third-order valence-corrected chi connectivity index (χ3v) is 9.44. The molecular weight excluding hydrogens is 703 g/mol. The SMILES string of the molecule is CC(C)(C)CCCCCCCCCCCC(=O)NC(CCC(=O)NCCCCN=[N+]=[N-])(CCC(=O)NCCCCN=[N+]=[N-])CCC(=O)NCCCCN=[N+]=[N-]. The van der Waals surface area contributed by atoms with Crippen LogP contribution in [0, 0.1) is 5.41 Å². The van der Waals surface area contributed by atoms with Gasteiger partial charge in [0.2, 0.25) is 23.6 Å². The van der Waals surface area contributed by atoms with Gasteiger partial charge in [0.05, 0.1) is 0 Å². The van der Waals surface area contributed by atoms with E-state index in [4.69, 9.17) is 16.6 Å². The number of carbonyl (C=O) groups excluding carboxylic acids is 4. The summed E-state index contributed by atoms with van der Waals surface area (Å²) in [4.78, 5) is 60.5. The lowest BCUT2D eigenvalue weighted by atomic mass is 9.82. The Hall–Kier alpha value is -4.19. The Balaban J connectivity index is 5.45. The summed E-state index contributed by atoms with van der Waals surface area (Å²) in [5.74, 6) is -0.768. The summed E-state index contributed by atoms with van der Waals surface area (Å²) in [6.45, 7) is 9.17. The molecule has 4 amide bonds. The van der Waals surface area contributed by atoms with Gasteiger partial charge in [0.25, 0.3) is 0 Å². The minimum atomic E-state index is -0.972. The molecule has 0 fully saturated rings. The first-order chi connectivity index (χ1) is 26.5. The largest absolute Gasteiger partial charge is 0.356 e. The van der Waals surface area contributed by atoms with Gasteiger partial charge >= 0.3 is 0 Å². The molecule has 0 saturated heterocycles. The first kappa shape index (κ1) is 50.8. The second-order valence-electron chi connectivity index (χ2n) is 15.6. The third kappa shape index (κ3) is 34.1. The highest BCUT2D eigenvalue weighted by atomic mass is 16.2. The number of carbonyl (C=O) groups is 4. The van der Waals surface area contributed by atoms with E-state index in [1.54, 1.807) is 0 Å². The maximum Gasteiger partial charge on any atom is 0.220 e. The second kappa shape index (κ2) is 34.3. The zero-order valence-corrected chi connectivity index (χ0v) is 34.2. The number of unbranched alkanes of at least 4 members (excludes halogenated alkanes) is 11. The highest BCUT2D eigenvalue weighted by Gasteiger charge is 2.33. The molecule has 4 N–H and O–H groups in total. The summed E-state index contributed by atoms with van der Waals surface area (Å²) >= 11 is 0. The molecular formula is C38H71N13O4. The summed E-state index contributed by atoms with van der Waals surface area (Å²) in [7, 11) is 0. The van der Waals surface area contributed by atoms with Crippen molar-refractivity contribution in [3.05, 3.63) is 31.3 Å². The van der Waals surface area contributed by atoms with Gasteiger partial charge < -0.3 is 21.3 Å². The summed E-state index contributed by atoms with van der Waals surface area (Å²) in [5, 5.41) is 22.4. The van der Waals surface area contributed by atoms with Crippen LogP contribution < -0.4 is 21.3 Å². The van der Waals surface area contributed by atoms with E-state index >= 15 is 0 Å². The molecule has 0 unspecified atom stereocenters. The van der Waals surface area contributed by atoms with Gasteiger partial charge in [0.15, 0.2) is 0 Å². The molecule has 0 aromatic carbocycles. The monoisotopic (exact) mass is 774 g/mol. The van der Waals surface area contributed by atoms with E-state index in [0.29, 0.717) is 89.6 Å². The van der Waals surface area contributed by atoms with E-state index in [0.717, 1.165) is 25.7 Å². The van der Waals surface area contributed by atoms with Crippen LogP contribution in [0.2, 0.25) is 0 Å². The molecule has 0 heterocycles. The molecule has 0 bridgehead atoms. The van der Waals surface area contributed by atoms with Gasteiger partial charge in [-0.15, -0.1) is 0 Å². The van der Waals surface area contributed by atoms with Crippen molar-refractivity contribution in [1.29, 1.82) is 0 Å². The number of rotatable bonds is 36. The molecule has 0 aliphatic heterocycles. The van der Waals surface area contributed by atoms with Crippen molar-refractivity contribution in [2.45, 2.75) is 174 Å². The van der Waals surface area contributed by atoms with Crippen LogP contribution in [0.4, 0.5) is 0 Å². The lowest BCUT2D eigenvalue weighted by Gasteiger charge is -2.35. The predicted molar refractivity (Wildman–Crippen MR) is 218 cm³/mol. The van der Waals surface area contributed by atoms with Gasteiger partial charge in [-0.25, -0.2) is 0 Å². The van der Waals surface area contributed by atoms with E-state index in [1.807, 2.05) is 0 Å². The van der Waals surface area contributed by atoms with E-state index in [2.05, 4.69) is 72.1 Å². The Labute approximate surface area is 328 Å². The van der Waals surface area contributed by atoms with Crippen LogP contribution in [0.1, 0.15) is 168 Å². The van der Waals surface area contributed by atoms with Gasteiger partial charge in [-0.05, 0) is 92.6 Å². The summed E-state index contributed by atoms with van der Waals surface area (Å²) in [6.07, 6.45) is 16.6. The van der Waals surface area contributed by atoms with Crippen LogP contribution >= 0.6 is 0 Å². The molecule has 0 aromatic rings. The molecule has 0 aliphatic rings. The smallest absolute Gasteiger partial charge is 0.220 e. The van der Waals surface area contributed by atoms with Crippen LogP contribution in [0.5, 0.6) is 0 Å². The molecule has 0 aliphatic carbocycles. The summed E-state index contributed by atoms with van der Waals surface area (Å²) in [5.41, 5.74) is 24.8. The number of hydrogen-bond donors (Lipinski definition) is 4. The standard InChI is InChI=1S/C38H71N13O4/c1-37(2,3)23-12-10-8-6-4-5-7-9-11-19-36(55)48-38(24-20-33(52)42-27-13-16-30-45-49-39,25-21-34(53)43-28-14-17-31-46-50-40)26-22-35(54)44-29-15-18-32-47-51-41/h4-32H2,1-3H3,(H,42,52)(H,43,53)(H,44,54)(H,48,55). The quantitative estimate of drug-likeness (QED) is 0.0210. The van der Waals surface area contributed by atoms with Crippen molar-refractivity contribution in [2.24, 2.45) is 20.8 Å². The Morgan fingerprint density at radius 3 is 1.13 bits per heavy atom. The molecule has 0 aromatic heterocycles. The van der Waals surface area contributed by atoms with Crippen molar-refractivity contribution in [2.75, 3.05) is 39.3 Å². The molecule has 312 valence electrons. The molecule has 0 saturated carbocycles. The van der Waals surface area contributed by atoms with Crippen LogP contribution in [-0.2, 0) is 19.2 Å². The maximum atomic E-state index is 13.5. The molecule has 0 radical (unpaired) electrons. The minimum Gasteiger partial charge on any atom is -0.356 e. The lowest BCUT2D eigenvalue weighted by molar-refractivity contribution is -0.127. The maximum absolute atomic E-state index is 13.5. The van der Waals surface area contributed by atoms with Crippen LogP contribution in [-0.4, -0.2) is 68.4 Å². The molecule has 0 rings (SSSR count). The first-order valence-corrected chi connectivity index (χ1v) is 20.6.